The molecule has 35 heavy (non-hydrogen) atoms. The van der Waals surface area contributed by atoms with Crippen LogP contribution in [0.4, 0.5) is 4.39 Å². The molecule has 1 saturated carbocycles. The van der Waals surface area contributed by atoms with E-state index in [1.165, 1.54) is 12.5 Å². The summed E-state index contributed by atoms with van der Waals surface area (Å²) in [6.45, 7) is 4.57. The van der Waals surface area contributed by atoms with E-state index in [1.807, 2.05) is 48.0 Å². The summed E-state index contributed by atoms with van der Waals surface area (Å²) in [4.78, 5) is 19.8. The lowest BCUT2D eigenvalue weighted by Gasteiger charge is -2.38. The summed E-state index contributed by atoms with van der Waals surface area (Å²) in [5.74, 6) is -0.218. The van der Waals surface area contributed by atoms with Crippen LogP contribution in [0.25, 0.3) is 5.69 Å². The second-order valence-electron chi connectivity index (χ2n) is 9.90. The van der Waals surface area contributed by atoms with Crippen LogP contribution >= 0.6 is 0 Å². The Balaban J connectivity index is 1.37. The summed E-state index contributed by atoms with van der Waals surface area (Å²) < 4.78 is 29.0. The minimum absolute atomic E-state index is 0.0522. The molecule has 0 saturated heterocycles. The predicted octanol–water partition coefficient (Wildman–Crippen LogP) is 4.98. The van der Waals surface area contributed by atoms with Gasteiger partial charge in [0.05, 0.1) is 18.2 Å². The minimum Gasteiger partial charge on any atom is -0.331 e. The third-order valence-electron chi connectivity index (χ3n) is 7.37. The van der Waals surface area contributed by atoms with Crippen molar-refractivity contribution in [3.05, 3.63) is 94.7 Å². The topological polar surface area (TPSA) is 55.2 Å². The van der Waals surface area contributed by atoms with Crippen LogP contribution in [0.1, 0.15) is 48.7 Å². The van der Waals surface area contributed by atoms with E-state index >= 15 is 4.39 Å². The van der Waals surface area contributed by atoms with E-state index < -0.39 is 16.6 Å². The van der Waals surface area contributed by atoms with Crippen molar-refractivity contribution in [2.75, 3.05) is 5.75 Å². The van der Waals surface area contributed by atoms with Crippen LogP contribution in [-0.4, -0.2) is 36.4 Å². The molecule has 3 heterocycles. The number of amides is 1. The molecule has 1 aliphatic heterocycles. The van der Waals surface area contributed by atoms with Crippen molar-refractivity contribution >= 4 is 16.7 Å². The highest BCUT2D eigenvalue weighted by atomic mass is 32.2. The van der Waals surface area contributed by atoms with Gasteiger partial charge < -0.3 is 9.47 Å². The number of aryl methyl sites for hydroxylation is 1. The Kier molecular flexibility index (Phi) is 6.45. The van der Waals surface area contributed by atoms with Gasteiger partial charge in [-0.2, -0.15) is 0 Å². The zero-order valence-corrected chi connectivity index (χ0v) is 20.9. The monoisotopic (exact) mass is 491 g/mol. The van der Waals surface area contributed by atoms with E-state index in [2.05, 4.69) is 18.0 Å². The molecule has 2 aliphatic rings. The fourth-order valence-electron chi connectivity index (χ4n) is 4.95. The molecule has 182 valence electrons. The summed E-state index contributed by atoms with van der Waals surface area (Å²) in [6.07, 6.45) is 8.92. The van der Waals surface area contributed by atoms with Gasteiger partial charge in [0.1, 0.15) is 5.82 Å². The van der Waals surface area contributed by atoms with Gasteiger partial charge in [-0.15, -0.1) is 0 Å². The fraction of sp³-hybridized carbons (Fsp3) is 0.357. The number of aromatic nitrogens is 2. The van der Waals surface area contributed by atoms with E-state index in [0.717, 1.165) is 35.5 Å². The zero-order valence-electron chi connectivity index (χ0n) is 20.1. The molecule has 1 amide bonds. The van der Waals surface area contributed by atoms with Crippen molar-refractivity contribution < 1.29 is 13.4 Å². The molecule has 0 bridgehead atoms. The van der Waals surface area contributed by atoms with Crippen LogP contribution in [0.3, 0.4) is 0 Å². The van der Waals surface area contributed by atoms with E-state index in [0.29, 0.717) is 17.9 Å². The first-order valence-electron chi connectivity index (χ1n) is 12.1. The molecule has 2 unspecified atom stereocenters. The van der Waals surface area contributed by atoms with Crippen LogP contribution < -0.4 is 0 Å². The van der Waals surface area contributed by atoms with E-state index in [4.69, 9.17) is 0 Å². The molecule has 1 aromatic carbocycles. The Bertz CT molecular complexity index is 1310. The number of hydrogen-bond donors (Lipinski definition) is 0. The van der Waals surface area contributed by atoms with Crippen molar-refractivity contribution in [1.82, 2.24) is 14.5 Å². The van der Waals surface area contributed by atoms with Crippen molar-refractivity contribution in [3.63, 3.8) is 0 Å². The van der Waals surface area contributed by atoms with Crippen LogP contribution in [0.5, 0.6) is 0 Å². The first-order valence-corrected chi connectivity index (χ1v) is 13.4. The smallest absolute Gasteiger partial charge is 0.227 e. The number of rotatable bonds is 7. The molecule has 0 spiro atoms. The Morgan fingerprint density at radius 1 is 1.26 bits per heavy atom. The maximum atomic E-state index is 15.0. The van der Waals surface area contributed by atoms with E-state index in [9.17, 15) is 9.00 Å². The van der Waals surface area contributed by atoms with Gasteiger partial charge in [0.15, 0.2) is 0 Å². The molecule has 0 N–H and O–H groups in total. The standard InChI is InChI=1S/C28H30FN3O2S/c1-20-5-3-13-31(20)23-7-6-22(25(29)17-23)16-27(33)32(24-9-14-35(34)19-24)18-21-8-12-30-26(15-21)28(2)10-4-11-28/h3,5-9,12-15,17,24H,4,10-11,16,18-19H2,1-2H3. The molecule has 7 heteroatoms. The van der Waals surface area contributed by atoms with Gasteiger partial charge in [0.2, 0.25) is 5.91 Å². The summed E-state index contributed by atoms with van der Waals surface area (Å²) >= 11 is 0. The predicted molar refractivity (Wildman–Crippen MR) is 136 cm³/mol. The summed E-state index contributed by atoms with van der Waals surface area (Å²) in [5, 5.41) is 1.65. The molecular weight excluding hydrogens is 461 g/mol. The van der Waals surface area contributed by atoms with Gasteiger partial charge in [-0.1, -0.05) is 25.5 Å². The van der Waals surface area contributed by atoms with Crippen LogP contribution in [-0.2, 0) is 34.0 Å². The lowest BCUT2D eigenvalue weighted by Crippen LogP contribution is -2.41. The highest BCUT2D eigenvalue weighted by Gasteiger charge is 2.35. The Labute approximate surface area is 208 Å². The minimum atomic E-state index is -1.10. The molecule has 1 aliphatic carbocycles. The quantitative estimate of drug-likeness (QED) is 0.469. The maximum absolute atomic E-state index is 15.0. The van der Waals surface area contributed by atoms with Crippen molar-refractivity contribution in [2.45, 2.75) is 57.5 Å². The summed E-state index contributed by atoms with van der Waals surface area (Å²) in [7, 11) is -1.10. The molecule has 2 atom stereocenters. The average molecular weight is 492 g/mol. The highest BCUT2D eigenvalue weighted by Crippen LogP contribution is 2.42. The third-order valence-corrected chi connectivity index (χ3v) is 8.50. The SMILES string of the molecule is Cc1cccn1-c1ccc(CC(=O)N(Cc2ccnc(C3(C)CCC3)c2)C2C=CS(=O)C2)c(F)c1. The van der Waals surface area contributed by atoms with Gasteiger partial charge in [-0.25, -0.2) is 4.39 Å². The van der Waals surface area contributed by atoms with E-state index in [-0.39, 0.29) is 23.8 Å². The number of nitrogens with zero attached hydrogens (tertiary/aromatic N) is 3. The number of carbonyl (C=O) groups excluding carboxylic acids is 1. The van der Waals surface area contributed by atoms with Gasteiger partial charge in [-0.3, -0.25) is 14.0 Å². The van der Waals surface area contributed by atoms with Crippen molar-refractivity contribution in [2.24, 2.45) is 0 Å². The first-order chi connectivity index (χ1) is 16.8. The number of halogens is 1. The van der Waals surface area contributed by atoms with Gasteiger partial charge in [0.25, 0.3) is 0 Å². The summed E-state index contributed by atoms with van der Waals surface area (Å²) in [6, 6.07) is 12.6. The third kappa shape index (κ3) is 4.87. The Morgan fingerprint density at radius 2 is 2.09 bits per heavy atom. The average Bonchev–Trinajstić information content (AvgIpc) is 3.45. The fourth-order valence-corrected chi connectivity index (χ4v) is 6.05. The molecule has 3 aromatic rings. The number of pyridine rings is 1. The number of hydrogen-bond acceptors (Lipinski definition) is 3. The first kappa shape index (κ1) is 23.7. The van der Waals surface area contributed by atoms with Gasteiger partial charge in [0, 0.05) is 57.6 Å². The lowest BCUT2D eigenvalue weighted by molar-refractivity contribution is -0.132. The molecule has 1 fully saturated rings. The number of benzene rings is 1. The van der Waals surface area contributed by atoms with Crippen molar-refractivity contribution in [3.8, 4) is 5.69 Å². The second-order valence-corrected chi connectivity index (χ2v) is 11.3. The molecule has 5 nitrogen and oxygen atoms in total. The van der Waals surface area contributed by atoms with Crippen LogP contribution in [0, 0.1) is 12.7 Å². The van der Waals surface area contributed by atoms with Crippen LogP contribution in [0.15, 0.2) is 66.3 Å². The summed E-state index contributed by atoms with van der Waals surface area (Å²) in [5.41, 5.74) is 4.23. The second kappa shape index (κ2) is 9.53. The van der Waals surface area contributed by atoms with Crippen LogP contribution in [0.2, 0.25) is 0 Å². The van der Waals surface area contributed by atoms with Gasteiger partial charge in [-0.05, 0) is 67.3 Å². The molecule has 5 rings (SSSR count). The largest absolute Gasteiger partial charge is 0.331 e. The zero-order chi connectivity index (χ0) is 24.6. The molecule has 0 radical (unpaired) electrons. The molecular formula is C28H30FN3O2S. The molecule has 2 aromatic heterocycles. The van der Waals surface area contributed by atoms with Crippen molar-refractivity contribution in [1.29, 1.82) is 0 Å². The Hall–Kier alpha value is -3.06. The highest BCUT2D eigenvalue weighted by molar-refractivity contribution is 7.88. The van der Waals surface area contributed by atoms with E-state index in [1.54, 1.807) is 22.6 Å². The number of carbonyl (C=O) groups is 1. The Morgan fingerprint density at radius 3 is 2.71 bits per heavy atom. The normalized spacial score (nSPS) is 20.5. The van der Waals surface area contributed by atoms with Gasteiger partial charge >= 0.3 is 0 Å². The lowest BCUT2D eigenvalue weighted by atomic mass is 9.68. The maximum Gasteiger partial charge on any atom is 0.227 e.